The molecular weight excluding hydrogens is 439 g/mol. The van der Waals surface area contributed by atoms with Crippen molar-refractivity contribution in [2.75, 3.05) is 25.4 Å². The lowest BCUT2D eigenvalue weighted by Crippen LogP contribution is -2.43. The molecule has 0 aromatic heterocycles. The number of amides is 1. The molecule has 158 valence electrons. The Labute approximate surface area is 182 Å². The first-order chi connectivity index (χ1) is 13.0. The van der Waals surface area contributed by atoms with Crippen LogP contribution in [0.25, 0.3) is 0 Å². The van der Waals surface area contributed by atoms with Gasteiger partial charge in [0.2, 0.25) is 15.9 Å². The molecule has 0 bridgehead atoms. The molecule has 0 spiro atoms. The van der Waals surface area contributed by atoms with E-state index >= 15 is 0 Å². The summed E-state index contributed by atoms with van der Waals surface area (Å²) in [5.41, 5.74) is 0.419. The van der Waals surface area contributed by atoms with Crippen LogP contribution in [0.2, 0.25) is 10.0 Å². The number of carbonyl (C=O) groups excluding carboxylic acids is 1. The van der Waals surface area contributed by atoms with Crippen LogP contribution < -0.4 is 5.32 Å². The third-order valence-electron chi connectivity index (χ3n) is 4.54. The van der Waals surface area contributed by atoms with Gasteiger partial charge < -0.3 is 5.32 Å². The summed E-state index contributed by atoms with van der Waals surface area (Å²) in [6.45, 7) is 7.73. The van der Waals surface area contributed by atoms with Gasteiger partial charge in [-0.1, -0.05) is 50.0 Å². The molecule has 1 aromatic rings. The van der Waals surface area contributed by atoms with Crippen molar-refractivity contribution in [3.8, 4) is 0 Å². The van der Waals surface area contributed by atoms with Crippen LogP contribution in [0.4, 0.5) is 0 Å². The molecule has 0 atom stereocenters. The molecule has 1 aliphatic rings. The highest BCUT2D eigenvalue weighted by Gasteiger charge is 2.31. The second-order valence-electron chi connectivity index (χ2n) is 7.88. The molecule has 1 saturated heterocycles. The molecule has 1 aliphatic heterocycles. The minimum atomic E-state index is -3.54. The number of halogens is 2. The van der Waals surface area contributed by atoms with Crippen LogP contribution in [-0.4, -0.2) is 48.8 Å². The van der Waals surface area contributed by atoms with Crippen molar-refractivity contribution < 1.29 is 13.2 Å². The second kappa shape index (κ2) is 10.0. The first-order valence-corrected chi connectivity index (χ1v) is 12.7. The predicted octanol–water partition coefficient (Wildman–Crippen LogP) is 4.18. The number of nitrogens with zero attached hydrogens (tertiary/aromatic N) is 1. The molecule has 1 heterocycles. The Balaban J connectivity index is 1.84. The zero-order valence-corrected chi connectivity index (χ0v) is 19.6. The van der Waals surface area contributed by atoms with Gasteiger partial charge in [-0.15, -0.1) is 0 Å². The number of nitrogens with one attached hydrogen (secondary N) is 1. The van der Waals surface area contributed by atoms with Crippen LogP contribution >= 0.6 is 35.0 Å². The van der Waals surface area contributed by atoms with E-state index in [2.05, 4.69) is 26.1 Å². The largest absolute Gasteiger partial charge is 0.355 e. The van der Waals surface area contributed by atoms with Crippen LogP contribution in [0.15, 0.2) is 18.2 Å². The Kier molecular flexibility index (Phi) is 8.52. The lowest BCUT2D eigenvalue weighted by Gasteiger charge is -2.30. The van der Waals surface area contributed by atoms with Gasteiger partial charge in [0, 0.05) is 51.7 Å². The average molecular weight is 467 g/mol. The van der Waals surface area contributed by atoms with Crippen molar-refractivity contribution in [1.29, 1.82) is 0 Å². The number of hydrogen-bond donors (Lipinski definition) is 1. The van der Waals surface area contributed by atoms with Crippen molar-refractivity contribution in [3.05, 3.63) is 33.8 Å². The van der Waals surface area contributed by atoms with Crippen LogP contribution in [0, 0.1) is 5.92 Å². The van der Waals surface area contributed by atoms with E-state index in [1.54, 1.807) is 30.0 Å². The lowest BCUT2D eigenvalue weighted by molar-refractivity contribution is -0.125. The highest BCUT2D eigenvalue weighted by Crippen LogP contribution is 2.29. The first kappa shape index (κ1) is 23.8. The average Bonchev–Trinajstić information content (AvgIpc) is 2.61. The molecule has 0 radical (unpaired) electrons. The van der Waals surface area contributed by atoms with E-state index in [4.69, 9.17) is 23.2 Å². The SMILES string of the molecule is CC(C)(C)SCCNC(=O)C1CCN(S(=O)(=O)Cc2c(Cl)cccc2Cl)CC1. The zero-order chi connectivity index (χ0) is 20.9. The summed E-state index contributed by atoms with van der Waals surface area (Å²) >= 11 is 14.0. The fourth-order valence-electron chi connectivity index (χ4n) is 3.02. The van der Waals surface area contributed by atoms with Gasteiger partial charge in [-0.2, -0.15) is 11.8 Å². The third kappa shape index (κ3) is 7.10. The van der Waals surface area contributed by atoms with E-state index in [9.17, 15) is 13.2 Å². The van der Waals surface area contributed by atoms with Gasteiger partial charge in [0.1, 0.15) is 0 Å². The van der Waals surface area contributed by atoms with Gasteiger partial charge in [0.25, 0.3) is 0 Å². The second-order valence-corrected chi connectivity index (χ2v) is 12.6. The standard InChI is InChI=1S/C19H28Cl2N2O3S2/c1-19(2,3)27-12-9-22-18(24)14-7-10-23(11-8-14)28(25,26)13-15-16(20)5-4-6-17(15)21/h4-6,14H,7-13H2,1-3H3,(H,22,24). The van der Waals surface area contributed by atoms with Gasteiger partial charge >= 0.3 is 0 Å². The van der Waals surface area contributed by atoms with Crippen LogP contribution in [0.5, 0.6) is 0 Å². The van der Waals surface area contributed by atoms with E-state index < -0.39 is 10.0 Å². The minimum Gasteiger partial charge on any atom is -0.355 e. The summed E-state index contributed by atoms with van der Waals surface area (Å²) in [5, 5.41) is 3.66. The van der Waals surface area contributed by atoms with Crippen molar-refractivity contribution in [3.63, 3.8) is 0 Å². The number of carbonyl (C=O) groups is 1. The van der Waals surface area contributed by atoms with Crippen molar-refractivity contribution in [2.45, 2.75) is 44.1 Å². The topological polar surface area (TPSA) is 66.5 Å². The summed E-state index contributed by atoms with van der Waals surface area (Å²) in [4.78, 5) is 12.3. The molecule has 2 rings (SSSR count). The maximum Gasteiger partial charge on any atom is 0.223 e. The van der Waals surface area contributed by atoms with E-state index in [1.807, 2.05) is 0 Å². The van der Waals surface area contributed by atoms with Gasteiger partial charge in [-0.3, -0.25) is 4.79 Å². The Morgan fingerprint density at radius 2 is 1.79 bits per heavy atom. The van der Waals surface area contributed by atoms with Crippen LogP contribution in [0.1, 0.15) is 39.2 Å². The van der Waals surface area contributed by atoms with E-state index in [0.29, 0.717) is 48.1 Å². The number of thioether (sulfide) groups is 1. The van der Waals surface area contributed by atoms with Crippen molar-refractivity contribution >= 4 is 50.9 Å². The third-order valence-corrected chi connectivity index (χ3v) is 8.33. The Morgan fingerprint density at radius 3 is 2.32 bits per heavy atom. The Hall–Kier alpha value is -0.470. The summed E-state index contributed by atoms with van der Waals surface area (Å²) in [7, 11) is -3.54. The minimum absolute atomic E-state index is 0.0145. The normalized spacial score (nSPS) is 16.9. The molecule has 9 heteroatoms. The molecule has 28 heavy (non-hydrogen) atoms. The molecule has 1 amide bonds. The molecule has 0 unspecified atom stereocenters. The Bertz CT molecular complexity index is 767. The maximum atomic E-state index is 12.7. The fraction of sp³-hybridized carbons (Fsp3) is 0.632. The molecule has 0 aliphatic carbocycles. The van der Waals surface area contributed by atoms with E-state index in [1.165, 1.54) is 4.31 Å². The summed E-state index contributed by atoms with van der Waals surface area (Å²) in [6, 6.07) is 4.95. The van der Waals surface area contributed by atoms with Crippen molar-refractivity contribution in [1.82, 2.24) is 9.62 Å². The quantitative estimate of drug-likeness (QED) is 0.611. The Morgan fingerprint density at radius 1 is 1.21 bits per heavy atom. The van der Waals surface area contributed by atoms with Crippen molar-refractivity contribution in [2.24, 2.45) is 5.92 Å². The molecule has 1 N–H and O–H groups in total. The number of rotatable bonds is 7. The smallest absolute Gasteiger partial charge is 0.223 e. The molecule has 1 fully saturated rings. The van der Waals surface area contributed by atoms with Crippen LogP contribution in [0.3, 0.4) is 0 Å². The van der Waals surface area contributed by atoms with E-state index in [0.717, 1.165) is 5.75 Å². The predicted molar refractivity (Wildman–Crippen MR) is 119 cm³/mol. The number of sulfonamides is 1. The van der Waals surface area contributed by atoms with E-state index in [-0.39, 0.29) is 22.3 Å². The molecular formula is C19H28Cl2N2O3S2. The number of piperidine rings is 1. The monoisotopic (exact) mass is 466 g/mol. The molecule has 0 saturated carbocycles. The zero-order valence-electron chi connectivity index (χ0n) is 16.5. The highest BCUT2D eigenvalue weighted by molar-refractivity contribution is 8.00. The van der Waals surface area contributed by atoms with Crippen LogP contribution in [-0.2, 0) is 20.6 Å². The first-order valence-electron chi connectivity index (χ1n) is 9.32. The maximum absolute atomic E-state index is 12.7. The highest BCUT2D eigenvalue weighted by atomic mass is 35.5. The van der Waals surface area contributed by atoms with Gasteiger partial charge in [0.15, 0.2) is 0 Å². The fourth-order valence-corrected chi connectivity index (χ4v) is 6.15. The number of hydrogen-bond acceptors (Lipinski definition) is 4. The van der Waals surface area contributed by atoms with Gasteiger partial charge in [-0.25, -0.2) is 12.7 Å². The van der Waals surface area contributed by atoms with Gasteiger partial charge in [-0.05, 0) is 25.0 Å². The lowest BCUT2D eigenvalue weighted by atomic mass is 9.97. The summed E-state index contributed by atoms with van der Waals surface area (Å²) in [5.74, 6) is 0.503. The number of benzene rings is 1. The summed E-state index contributed by atoms with van der Waals surface area (Å²) < 4.78 is 27.1. The molecule has 5 nitrogen and oxygen atoms in total. The molecule has 1 aromatic carbocycles. The summed E-state index contributed by atoms with van der Waals surface area (Å²) in [6.07, 6.45) is 1.04. The van der Waals surface area contributed by atoms with Gasteiger partial charge in [0.05, 0.1) is 5.75 Å².